The Morgan fingerprint density at radius 3 is 2.29 bits per heavy atom. The fourth-order valence-corrected chi connectivity index (χ4v) is 3.05. The summed E-state index contributed by atoms with van der Waals surface area (Å²) in [6.45, 7) is 2.30. The van der Waals surface area contributed by atoms with Crippen LogP contribution in [0.4, 0.5) is 13.2 Å². The number of hydrogen-bond donors (Lipinski definition) is 1. The zero-order chi connectivity index (χ0) is 15.6. The van der Waals surface area contributed by atoms with Gasteiger partial charge in [-0.3, -0.25) is 0 Å². The topological polar surface area (TPSA) is 12.0 Å². The lowest BCUT2D eigenvalue weighted by Gasteiger charge is -2.21. The third-order valence-corrected chi connectivity index (χ3v) is 3.94. The number of halogens is 5. The van der Waals surface area contributed by atoms with Crippen molar-refractivity contribution in [2.24, 2.45) is 0 Å². The van der Waals surface area contributed by atoms with Gasteiger partial charge < -0.3 is 5.32 Å². The summed E-state index contributed by atoms with van der Waals surface area (Å²) in [7, 11) is 0. The SMILES string of the molecule is CCNC(c1ccc(Cl)cc1Br)c1c(F)cc(F)cc1F. The van der Waals surface area contributed by atoms with Crippen LogP contribution in [0.2, 0.25) is 5.02 Å². The molecule has 0 radical (unpaired) electrons. The van der Waals surface area contributed by atoms with Gasteiger partial charge in [0.25, 0.3) is 0 Å². The second kappa shape index (κ2) is 6.81. The molecular formula is C15H12BrClF3N. The molecule has 2 aromatic carbocycles. The molecule has 2 rings (SSSR count). The number of benzene rings is 2. The molecule has 0 aromatic heterocycles. The van der Waals surface area contributed by atoms with Crippen LogP contribution in [0, 0.1) is 17.5 Å². The van der Waals surface area contributed by atoms with Gasteiger partial charge in [0.05, 0.1) is 6.04 Å². The summed E-state index contributed by atoms with van der Waals surface area (Å²) in [5, 5.41) is 3.50. The Bertz CT molecular complexity index is 640. The molecular weight excluding hydrogens is 367 g/mol. The molecule has 21 heavy (non-hydrogen) atoms. The van der Waals surface area contributed by atoms with Crippen molar-refractivity contribution < 1.29 is 13.2 Å². The van der Waals surface area contributed by atoms with Gasteiger partial charge in [-0.25, -0.2) is 13.2 Å². The molecule has 2 aromatic rings. The van der Waals surface area contributed by atoms with E-state index in [-0.39, 0.29) is 5.56 Å². The normalized spacial score (nSPS) is 12.5. The number of hydrogen-bond acceptors (Lipinski definition) is 1. The smallest absolute Gasteiger partial charge is 0.134 e. The predicted octanol–water partition coefficient (Wildman–Crippen LogP) is 5.22. The Hall–Kier alpha value is -1.04. The van der Waals surface area contributed by atoms with E-state index in [1.165, 1.54) is 0 Å². The zero-order valence-electron chi connectivity index (χ0n) is 11.1. The maximum absolute atomic E-state index is 14.0. The molecule has 6 heteroatoms. The lowest BCUT2D eigenvalue weighted by Crippen LogP contribution is -2.24. The van der Waals surface area contributed by atoms with E-state index >= 15 is 0 Å². The van der Waals surface area contributed by atoms with E-state index in [4.69, 9.17) is 11.6 Å². The van der Waals surface area contributed by atoms with Gasteiger partial charge >= 0.3 is 0 Å². The number of rotatable bonds is 4. The van der Waals surface area contributed by atoms with Gasteiger partial charge in [0.1, 0.15) is 17.5 Å². The van der Waals surface area contributed by atoms with E-state index in [0.29, 0.717) is 33.7 Å². The third kappa shape index (κ3) is 3.59. The molecule has 0 aliphatic rings. The van der Waals surface area contributed by atoms with E-state index in [2.05, 4.69) is 21.2 Å². The van der Waals surface area contributed by atoms with E-state index in [0.717, 1.165) is 0 Å². The molecule has 0 saturated heterocycles. The van der Waals surface area contributed by atoms with E-state index in [1.807, 2.05) is 6.92 Å². The van der Waals surface area contributed by atoms with Crippen molar-refractivity contribution in [2.75, 3.05) is 6.54 Å². The van der Waals surface area contributed by atoms with Crippen LogP contribution in [0.25, 0.3) is 0 Å². The van der Waals surface area contributed by atoms with Gasteiger partial charge in [-0.2, -0.15) is 0 Å². The summed E-state index contributed by atoms with van der Waals surface area (Å²) in [5.74, 6) is -2.81. The molecule has 0 bridgehead atoms. The van der Waals surface area contributed by atoms with Crippen molar-refractivity contribution in [1.82, 2.24) is 5.32 Å². The van der Waals surface area contributed by atoms with Crippen molar-refractivity contribution >= 4 is 27.5 Å². The van der Waals surface area contributed by atoms with Crippen LogP contribution in [-0.4, -0.2) is 6.54 Å². The van der Waals surface area contributed by atoms with Crippen molar-refractivity contribution in [3.8, 4) is 0 Å². The monoisotopic (exact) mass is 377 g/mol. The van der Waals surface area contributed by atoms with Gasteiger partial charge in [-0.1, -0.05) is 40.5 Å². The van der Waals surface area contributed by atoms with E-state index in [1.54, 1.807) is 18.2 Å². The molecule has 1 atom stereocenters. The Kier molecular flexibility index (Phi) is 5.30. The molecule has 1 N–H and O–H groups in total. The first-order valence-corrected chi connectivity index (χ1v) is 7.44. The first-order chi connectivity index (χ1) is 9.93. The Morgan fingerprint density at radius 1 is 1.14 bits per heavy atom. The second-order valence-electron chi connectivity index (χ2n) is 4.44. The van der Waals surface area contributed by atoms with Gasteiger partial charge in [0, 0.05) is 27.2 Å². The lowest BCUT2D eigenvalue weighted by atomic mass is 9.97. The molecule has 0 heterocycles. The van der Waals surface area contributed by atoms with Crippen molar-refractivity contribution in [3.05, 3.63) is 68.4 Å². The molecule has 0 spiro atoms. The molecule has 112 valence electrons. The lowest BCUT2D eigenvalue weighted by molar-refractivity contribution is 0.491. The number of nitrogens with one attached hydrogen (secondary N) is 1. The summed E-state index contributed by atoms with van der Waals surface area (Å²) in [4.78, 5) is 0. The standard InChI is InChI=1S/C15H12BrClF3N/c1-2-21-15(10-4-3-8(17)5-11(10)16)14-12(19)6-9(18)7-13(14)20/h3-7,15,21H,2H2,1H3. The second-order valence-corrected chi connectivity index (χ2v) is 5.73. The van der Waals surface area contributed by atoms with Crippen LogP contribution in [0.15, 0.2) is 34.8 Å². The highest BCUT2D eigenvalue weighted by Crippen LogP contribution is 2.33. The van der Waals surface area contributed by atoms with Crippen LogP contribution in [-0.2, 0) is 0 Å². The third-order valence-electron chi connectivity index (χ3n) is 3.01. The molecule has 1 unspecified atom stereocenters. The zero-order valence-corrected chi connectivity index (χ0v) is 13.4. The molecule has 0 saturated carbocycles. The van der Waals surface area contributed by atoms with Crippen LogP contribution in [0.5, 0.6) is 0 Å². The average molecular weight is 379 g/mol. The Morgan fingerprint density at radius 2 is 1.76 bits per heavy atom. The van der Waals surface area contributed by atoms with E-state index < -0.39 is 23.5 Å². The maximum Gasteiger partial charge on any atom is 0.134 e. The van der Waals surface area contributed by atoms with Gasteiger partial charge in [0.15, 0.2) is 0 Å². The molecule has 1 nitrogen and oxygen atoms in total. The summed E-state index contributed by atoms with van der Waals surface area (Å²) in [5.41, 5.74) is 0.395. The van der Waals surface area contributed by atoms with Crippen molar-refractivity contribution in [3.63, 3.8) is 0 Å². The fraction of sp³-hybridized carbons (Fsp3) is 0.200. The van der Waals surface area contributed by atoms with Crippen LogP contribution < -0.4 is 5.32 Å². The summed E-state index contributed by atoms with van der Waals surface area (Å²) in [6, 6.07) is 5.54. The van der Waals surface area contributed by atoms with E-state index in [9.17, 15) is 13.2 Å². The molecule has 0 fully saturated rings. The Balaban J connectivity index is 2.59. The molecule has 0 amide bonds. The summed E-state index contributed by atoms with van der Waals surface area (Å²) >= 11 is 9.22. The van der Waals surface area contributed by atoms with Gasteiger partial charge in [-0.05, 0) is 24.2 Å². The summed E-state index contributed by atoms with van der Waals surface area (Å²) < 4.78 is 41.7. The maximum atomic E-state index is 14.0. The minimum absolute atomic E-state index is 0.221. The highest BCUT2D eigenvalue weighted by molar-refractivity contribution is 9.10. The van der Waals surface area contributed by atoms with Crippen LogP contribution in [0.3, 0.4) is 0 Å². The quantitative estimate of drug-likeness (QED) is 0.769. The van der Waals surface area contributed by atoms with Gasteiger partial charge in [-0.15, -0.1) is 0 Å². The van der Waals surface area contributed by atoms with Crippen molar-refractivity contribution in [2.45, 2.75) is 13.0 Å². The van der Waals surface area contributed by atoms with Crippen LogP contribution >= 0.6 is 27.5 Å². The van der Waals surface area contributed by atoms with Crippen LogP contribution in [0.1, 0.15) is 24.1 Å². The predicted molar refractivity (Wildman–Crippen MR) is 81.0 cm³/mol. The largest absolute Gasteiger partial charge is 0.306 e. The first-order valence-electron chi connectivity index (χ1n) is 6.26. The fourth-order valence-electron chi connectivity index (χ4n) is 2.14. The summed E-state index contributed by atoms with van der Waals surface area (Å²) in [6.07, 6.45) is 0. The average Bonchev–Trinajstić information content (AvgIpc) is 2.37. The highest BCUT2D eigenvalue weighted by atomic mass is 79.9. The minimum atomic E-state index is -0.945. The highest BCUT2D eigenvalue weighted by Gasteiger charge is 2.24. The molecule has 0 aliphatic carbocycles. The van der Waals surface area contributed by atoms with Crippen molar-refractivity contribution in [1.29, 1.82) is 0 Å². The first kappa shape index (κ1) is 16.3. The molecule has 0 aliphatic heterocycles. The van der Waals surface area contributed by atoms with Gasteiger partial charge in [0.2, 0.25) is 0 Å². The Labute approximate surface area is 134 Å². The minimum Gasteiger partial charge on any atom is -0.306 e.